The first kappa shape index (κ1) is 17.1. The van der Waals surface area contributed by atoms with Gasteiger partial charge in [0.1, 0.15) is 5.76 Å². The maximum Gasteiger partial charge on any atom is 0.315 e. The van der Waals surface area contributed by atoms with E-state index in [2.05, 4.69) is 41.8 Å². The number of aryl methyl sites for hydroxylation is 2. The molecule has 2 amide bonds. The molecule has 1 atom stereocenters. The topological polar surface area (TPSA) is 67.2 Å². The van der Waals surface area contributed by atoms with Crippen molar-refractivity contribution in [3.8, 4) is 0 Å². The highest BCUT2D eigenvalue weighted by Crippen LogP contribution is 2.26. The van der Waals surface area contributed by atoms with Crippen molar-refractivity contribution in [1.82, 2.24) is 15.8 Å². The van der Waals surface area contributed by atoms with E-state index in [1.54, 1.807) is 0 Å². The highest BCUT2D eigenvalue weighted by molar-refractivity contribution is 5.74. The van der Waals surface area contributed by atoms with Crippen LogP contribution in [0, 0.1) is 13.8 Å². The lowest BCUT2D eigenvalue weighted by atomic mass is 9.78. The molecule has 0 aliphatic rings. The Hall–Kier alpha value is -2.30. The van der Waals surface area contributed by atoms with Gasteiger partial charge in [0.05, 0.1) is 5.69 Å². The van der Waals surface area contributed by atoms with E-state index in [0.29, 0.717) is 6.54 Å². The largest absolute Gasteiger partial charge is 0.361 e. The maximum atomic E-state index is 12.2. The van der Waals surface area contributed by atoms with Crippen LogP contribution in [0.3, 0.4) is 0 Å². The molecule has 0 aliphatic carbocycles. The highest BCUT2D eigenvalue weighted by Gasteiger charge is 2.29. The van der Waals surface area contributed by atoms with Crippen LogP contribution in [0.5, 0.6) is 0 Å². The fourth-order valence-corrected chi connectivity index (χ4v) is 2.47. The molecule has 2 N–H and O–H groups in total. The first-order valence-corrected chi connectivity index (χ1v) is 7.84. The molecular weight excluding hydrogens is 290 g/mol. The number of carbonyl (C=O) groups is 1. The van der Waals surface area contributed by atoms with Gasteiger partial charge in [0, 0.05) is 23.6 Å². The molecular formula is C18H25N3O2. The number of nitrogens with one attached hydrogen (secondary N) is 2. The van der Waals surface area contributed by atoms with Crippen LogP contribution in [-0.2, 0) is 12.0 Å². The molecule has 5 nitrogen and oxygen atoms in total. The predicted molar refractivity (Wildman–Crippen MR) is 90.3 cm³/mol. The molecule has 1 heterocycles. The average molecular weight is 315 g/mol. The molecule has 0 radical (unpaired) electrons. The Kier molecular flexibility index (Phi) is 5.08. The highest BCUT2D eigenvalue weighted by atomic mass is 16.5. The van der Waals surface area contributed by atoms with Crippen molar-refractivity contribution in [2.75, 3.05) is 0 Å². The summed E-state index contributed by atoms with van der Waals surface area (Å²) in [7, 11) is 0. The van der Waals surface area contributed by atoms with Crippen LogP contribution in [0.15, 0.2) is 34.9 Å². The Morgan fingerprint density at radius 1 is 1.26 bits per heavy atom. The minimum absolute atomic E-state index is 0.0189. The summed E-state index contributed by atoms with van der Waals surface area (Å²) in [5.74, 6) is 0.737. The Morgan fingerprint density at radius 2 is 1.91 bits per heavy atom. The Morgan fingerprint density at radius 3 is 2.48 bits per heavy atom. The van der Waals surface area contributed by atoms with Crippen LogP contribution in [-0.4, -0.2) is 17.2 Å². The SMILES string of the molecule is Cc1noc(C)c1CNC(=O)N[C@@H](C)C(C)(C)c1ccccc1. The Balaban J connectivity index is 1.94. The van der Waals surface area contributed by atoms with Crippen molar-refractivity contribution in [1.29, 1.82) is 0 Å². The van der Waals surface area contributed by atoms with Crippen molar-refractivity contribution >= 4 is 6.03 Å². The number of hydrogen-bond donors (Lipinski definition) is 2. The molecule has 0 unspecified atom stereocenters. The van der Waals surface area contributed by atoms with Gasteiger partial charge in [-0.2, -0.15) is 0 Å². The molecule has 124 valence electrons. The molecule has 2 aromatic rings. The monoisotopic (exact) mass is 315 g/mol. The van der Waals surface area contributed by atoms with Gasteiger partial charge in [-0.1, -0.05) is 49.3 Å². The molecule has 0 bridgehead atoms. The van der Waals surface area contributed by atoms with Crippen molar-refractivity contribution in [2.45, 2.75) is 52.6 Å². The van der Waals surface area contributed by atoms with Crippen molar-refractivity contribution < 1.29 is 9.32 Å². The van der Waals surface area contributed by atoms with E-state index in [0.717, 1.165) is 17.0 Å². The Labute approximate surface area is 137 Å². The van der Waals surface area contributed by atoms with Crippen molar-refractivity contribution in [3.05, 3.63) is 52.9 Å². The molecule has 0 spiro atoms. The minimum Gasteiger partial charge on any atom is -0.361 e. The van der Waals surface area contributed by atoms with Gasteiger partial charge in [-0.15, -0.1) is 0 Å². The zero-order chi connectivity index (χ0) is 17.0. The van der Waals surface area contributed by atoms with Crippen LogP contribution in [0.2, 0.25) is 0 Å². The van der Waals surface area contributed by atoms with E-state index in [9.17, 15) is 4.79 Å². The summed E-state index contributed by atoms with van der Waals surface area (Å²) in [5, 5.41) is 9.78. The van der Waals surface area contributed by atoms with Crippen molar-refractivity contribution in [2.24, 2.45) is 0 Å². The summed E-state index contributed by atoms with van der Waals surface area (Å²) in [5.41, 5.74) is 2.76. The quantitative estimate of drug-likeness (QED) is 0.888. The lowest BCUT2D eigenvalue weighted by Crippen LogP contribution is -2.49. The van der Waals surface area contributed by atoms with Crippen LogP contribution >= 0.6 is 0 Å². The maximum absolute atomic E-state index is 12.2. The summed E-state index contributed by atoms with van der Waals surface area (Å²) in [6.45, 7) is 10.4. The van der Waals surface area contributed by atoms with Crippen LogP contribution in [0.4, 0.5) is 4.79 Å². The fraction of sp³-hybridized carbons (Fsp3) is 0.444. The number of rotatable bonds is 5. The van der Waals surface area contributed by atoms with E-state index in [1.807, 2.05) is 39.0 Å². The van der Waals surface area contributed by atoms with Gasteiger partial charge in [-0.05, 0) is 26.3 Å². The van der Waals surface area contributed by atoms with Crippen LogP contribution in [0.25, 0.3) is 0 Å². The van der Waals surface area contributed by atoms with Crippen LogP contribution < -0.4 is 10.6 Å². The van der Waals surface area contributed by atoms with Crippen molar-refractivity contribution in [3.63, 3.8) is 0 Å². The van der Waals surface area contributed by atoms with Gasteiger partial charge in [0.25, 0.3) is 0 Å². The van der Waals surface area contributed by atoms with E-state index < -0.39 is 0 Å². The average Bonchev–Trinajstić information content (AvgIpc) is 2.84. The molecule has 2 rings (SSSR count). The lowest BCUT2D eigenvalue weighted by Gasteiger charge is -2.33. The van der Waals surface area contributed by atoms with Gasteiger partial charge in [-0.3, -0.25) is 0 Å². The summed E-state index contributed by atoms with van der Waals surface area (Å²) >= 11 is 0. The molecule has 1 aromatic carbocycles. The van der Waals surface area contributed by atoms with Gasteiger partial charge in [0.2, 0.25) is 0 Å². The molecule has 23 heavy (non-hydrogen) atoms. The number of nitrogens with zero attached hydrogens (tertiary/aromatic N) is 1. The summed E-state index contributed by atoms with van der Waals surface area (Å²) in [6.07, 6.45) is 0. The fourth-order valence-electron chi connectivity index (χ4n) is 2.47. The number of hydrogen-bond acceptors (Lipinski definition) is 3. The van der Waals surface area contributed by atoms with Crippen LogP contribution in [0.1, 0.15) is 43.4 Å². The first-order chi connectivity index (χ1) is 10.8. The molecule has 0 fully saturated rings. The van der Waals surface area contributed by atoms with E-state index in [-0.39, 0.29) is 17.5 Å². The zero-order valence-electron chi connectivity index (χ0n) is 14.4. The normalized spacial score (nSPS) is 12.7. The molecule has 1 aromatic heterocycles. The number of carbonyl (C=O) groups excluding carboxylic acids is 1. The van der Waals surface area contributed by atoms with E-state index >= 15 is 0 Å². The second kappa shape index (κ2) is 6.86. The number of benzene rings is 1. The van der Waals surface area contributed by atoms with Gasteiger partial charge >= 0.3 is 6.03 Å². The standard InChI is InChI=1S/C18H25N3O2/c1-12-16(13(2)23-21-12)11-19-17(22)20-14(3)18(4,5)15-9-7-6-8-10-15/h6-10,14H,11H2,1-5H3,(H2,19,20,22)/t14-/m0/s1. The second-order valence-electron chi connectivity index (χ2n) is 6.44. The summed E-state index contributed by atoms with van der Waals surface area (Å²) < 4.78 is 5.10. The Bertz CT molecular complexity index is 643. The summed E-state index contributed by atoms with van der Waals surface area (Å²) in [6, 6.07) is 9.98. The number of amides is 2. The number of urea groups is 1. The van der Waals surface area contributed by atoms with Gasteiger partial charge in [0.15, 0.2) is 0 Å². The smallest absolute Gasteiger partial charge is 0.315 e. The third-order valence-corrected chi connectivity index (χ3v) is 4.55. The molecule has 0 saturated heterocycles. The number of aromatic nitrogens is 1. The van der Waals surface area contributed by atoms with Gasteiger partial charge < -0.3 is 15.2 Å². The third kappa shape index (κ3) is 3.92. The third-order valence-electron chi connectivity index (χ3n) is 4.55. The molecule has 5 heteroatoms. The van der Waals surface area contributed by atoms with E-state index in [4.69, 9.17) is 4.52 Å². The first-order valence-electron chi connectivity index (χ1n) is 7.84. The predicted octanol–water partition coefficient (Wildman–Crippen LogP) is 3.46. The minimum atomic E-state index is -0.193. The summed E-state index contributed by atoms with van der Waals surface area (Å²) in [4.78, 5) is 12.2. The molecule has 0 aliphatic heterocycles. The van der Waals surface area contributed by atoms with E-state index in [1.165, 1.54) is 5.56 Å². The second-order valence-corrected chi connectivity index (χ2v) is 6.44. The van der Waals surface area contributed by atoms with Gasteiger partial charge in [-0.25, -0.2) is 4.79 Å². The zero-order valence-corrected chi connectivity index (χ0v) is 14.4. The lowest BCUT2D eigenvalue weighted by molar-refractivity contribution is 0.231. The molecule has 0 saturated carbocycles.